The van der Waals surface area contributed by atoms with Crippen LogP contribution in [0, 0.1) is 10.1 Å². The number of methoxy groups -OCH3 is 1. The zero-order valence-corrected chi connectivity index (χ0v) is 13.2. The third-order valence-corrected chi connectivity index (χ3v) is 3.28. The summed E-state index contributed by atoms with van der Waals surface area (Å²) < 4.78 is 5.04. The minimum absolute atomic E-state index is 0.143. The second-order valence-corrected chi connectivity index (χ2v) is 4.96. The molecule has 0 aliphatic heterocycles. The molecule has 0 unspecified atom stereocenters. The fraction of sp³-hybridized carbons (Fsp3) is 0.0667. The van der Waals surface area contributed by atoms with E-state index < -0.39 is 16.7 Å². The lowest BCUT2D eigenvalue weighted by Crippen LogP contribution is -2.41. The van der Waals surface area contributed by atoms with E-state index >= 15 is 0 Å². The van der Waals surface area contributed by atoms with E-state index in [-0.39, 0.29) is 22.6 Å². The van der Waals surface area contributed by atoms with Gasteiger partial charge in [-0.3, -0.25) is 30.6 Å². The zero-order valence-electron chi connectivity index (χ0n) is 12.4. The number of nitrogens with one attached hydrogen (secondary N) is 2. The molecule has 0 heterocycles. The van der Waals surface area contributed by atoms with E-state index in [1.54, 1.807) is 0 Å². The van der Waals surface area contributed by atoms with E-state index in [9.17, 15) is 19.7 Å². The van der Waals surface area contributed by atoms with E-state index in [0.717, 1.165) is 0 Å². The van der Waals surface area contributed by atoms with Gasteiger partial charge in [0.15, 0.2) is 0 Å². The Balaban J connectivity index is 2.12. The summed E-state index contributed by atoms with van der Waals surface area (Å²) in [5.74, 6) is -1.25. The van der Waals surface area contributed by atoms with Gasteiger partial charge in [0.05, 0.1) is 17.6 Å². The van der Waals surface area contributed by atoms with E-state index in [1.165, 1.54) is 49.6 Å². The Bertz CT molecular complexity index is 809. The van der Waals surface area contributed by atoms with Crippen molar-refractivity contribution < 1.29 is 19.2 Å². The first-order chi connectivity index (χ1) is 11.4. The number of carbonyl (C=O) groups is 2. The summed E-state index contributed by atoms with van der Waals surface area (Å²) in [6.07, 6.45) is 0. The number of amides is 2. The molecule has 24 heavy (non-hydrogen) atoms. The normalized spacial score (nSPS) is 9.92. The maximum Gasteiger partial charge on any atom is 0.282 e. The molecule has 124 valence electrons. The van der Waals surface area contributed by atoms with Gasteiger partial charge in [-0.25, -0.2) is 0 Å². The third kappa shape index (κ3) is 3.79. The lowest BCUT2D eigenvalue weighted by atomic mass is 10.1. The Labute approximate surface area is 141 Å². The lowest BCUT2D eigenvalue weighted by molar-refractivity contribution is -0.385. The molecule has 2 aromatic carbocycles. The monoisotopic (exact) mass is 349 g/mol. The van der Waals surface area contributed by atoms with Gasteiger partial charge >= 0.3 is 0 Å². The van der Waals surface area contributed by atoms with Crippen molar-refractivity contribution in [2.45, 2.75) is 0 Å². The molecular formula is C15H12ClN3O5. The van der Waals surface area contributed by atoms with Crippen LogP contribution in [0.15, 0.2) is 42.5 Å². The molecule has 2 amide bonds. The number of nitro benzene ring substituents is 1. The van der Waals surface area contributed by atoms with Crippen LogP contribution in [-0.2, 0) is 0 Å². The highest BCUT2D eigenvalue weighted by atomic mass is 35.5. The van der Waals surface area contributed by atoms with Crippen molar-refractivity contribution in [2.24, 2.45) is 0 Å². The van der Waals surface area contributed by atoms with Gasteiger partial charge in [0.2, 0.25) is 0 Å². The SMILES string of the molecule is COc1cc(Cl)ccc1C(=O)NNC(=O)c1ccccc1[N+](=O)[O-]. The molecular weight excluding hydrogens is 338 g/mol. The van der Waals surface area contributed by atoms with Crippen LogP contribution in [0.2, 0.25) is 5.02 Å². The highest BCUT2D eigenvalue weighted by Gasteiger charge is 2.20. The van der Waals surface area contributed by atoms with Crippen molar-refractivity contribution in [1.82, 2.24) is 10.9 Å². The average Bonchev–Trinajstić information content (AvgIpc) is 2.59. The number of rotatable bonds is 4. The Morgan fingerprint density at radius 3 is 2.33 bits per heavy atom. The Kier molecular flexibility index (Phi) is 5.33. The molecule has 0 fully saturated rings. The molecule has 0 atom stereocenters. The standard InChI is InChI=1S/C15H12ClN3O5/c1-24-13-8-9(16)6-7-11(13)15(21)18-17-14(20)10-4-2-3-5-12(10)19(22)23/h2-8H,1H3,(H,17,20)(H,18,21). The first kappa shape index (κ1) is 17.2. The van der Waals surface area contributed by atoms with Crippen molar-refractivity contribution >= 4 is 29.1 Å². The van der Waals surface area contributed by atoms with E-state index in [2.05, 4.69) is 10.9 Å². The Hall–Kier alpha value is -3.13. The van der Waals surface area contributed by atoms with Crippen molar-refractivity contribution in [3.63, 3.8) is 0 Å². The number of carbonyl (C=O) groups excluding carboxylic acids is 2. The van der Waals surface area contributed by atoms with Crippen LogP contribution in [-0.4, -0.2) is 23.8 Å². The minimum Gasteiger partial charge on any atom is -0.496 e. The second-order valence-electron chi connectivity index (χ2n) is 4.53. The molecule has 0 saturated heterocycles. The maximum atomic E-state index is 12.1. The van der Waals surface area contributed by atoms with Crippen LogP contribution in [0.1, 0.15) is 20.7 Å². The number of para-hydroxylation sites is 1. The molecule has 8 nitrogen and oxygen atoms in total. The van der Waals surface area contributed by atoms with Gasteiger partial charge in [0, 0.05) is 11.1 Å². The van der Waals surface area contributed by atoms with Crippen LogP contribution in [0.25, 0.3) is 0 Å². The molecule has 0 aromatic heterocycles. The third-order valence-electron chi connectivity index (χ3n) is 3.04. The first-order valence-corrected chi connectivity index (χ1v) is 6.99. The number of nitro groups is 1. The largest absolute Gasteiger partial charge is 0.496 e. The molecule has 0 bridgehead atoms. The number of ether oxygens (including phenoxy) is 1. The molecule has 9 heteroatoms. The molecule has 0 aliphatic carbocycles. The number of hydrazine groups is 1. The highest BCUT2D eigenvalue weighted by molar-refractivity contribution is 6.30. The molecule has 2 rings (SSSR count). The summed E-state index contributed by atoms with van der Waals surface area (Å²) >= 11 is 5.81. The van der Waals surface area contributed by atoms with E-state index in [1.807, 2.05) is 0 Å². The maximum absolute atomic E-state index is 12.1. The second kappa shape index (κ2) is 7.42. The lowest BCUT2D eigenvalue weighted by Gasteiger charge is -2.10. The number of nitrogens with zero attached hydrogens (tertiary/aromatic N) is 1. The summed E-state index contributed by atoms with van der Waals surface area (Å²) in [6, 6.07) is 9.75. The number of hydrogen-bond acceptors (Lipinski definition) is 5. The molecule has 2 aromatic rings. The van der Waals surface area contributed by atoms with Crippen LogP contribution in [0.5, 0.6) is 5.75 Å². The Morgan fingerprint density at radius 1 is 1.08 bits per heavy atom. The van der Waals surface area contributed by atoms with Gasteiger partial charge in [0.1, 0.15) is 11.3 Å². The van der Waals surface area contributed by atoms with Crippen LogP contribution in [0.3, 0.4) is 0 Å². The Morgan fingerprint density at radius 2 is 1.71 bits per heavy atom. The summed E-state index contributed by atoms with van der Waals surface area (Å²) in [5, 5.41) is 11.3. The fourth-order valence-electron chi connectivity index (χ4n) is 1.93. The molecule has 2 N–H and O–H groups in total. The summed E-state index contributed by atoms with van der Waals surface area (Å²) in [4.78, 5) is 34.4. The van der Waals surface area contributed by atoms with Gasteiger partial charge in [-0.05, 0) is 24.3 Å². The number of hydrogen-bond donors (Lipinski definition) is 2. The van der Waals surface area contributed by atoms with Gasteiger partial charge in [-0.1, -0.05) is 23.7 Å². The van der Waals surface area contributed by atoms with Gasteiger partial charge in [-0.2, -0.15) is 0 Å². The first-order valence-electron chi connectivity index (χ1n) is 6.61. The zero-order chi connectivity index (χ0) is 17.7. The average molecular weight is 350 g/mol. The van der Waals surface area contributed by atoms with Crippen molar-refractivity contribution in [3.05, 3.63) is 68.7 Å². The van der Waals surface area contributed by atoms with Crippen molar-refractivity contribution in [1.29, 1.82) is 0 Å². The quantitative estimate of drug-likeness (QED) is 0.650. The number of benzene rings is 2. The van der Waals surface area contributed by atoms with Crippen molar-refractivity contribution in [3.8, 4) is 5.75 Å². The highest BCUT2D eigenvalue weighted by Crippen LogP contribution is 2.23. The summed E-state index contributed by atoms with van der Waals surface area (Å²) in [6.45, 7) is 0. The van der Waals surface area contributed by atoms with Crippen molar-refractivity contribution in [2.75, 3.05) is 7.11 Å². The molecule has 0 aliphatic rings. The minimum atomic E-state index is -0.816. The van der Waals surface area contributed by atoms with Crippen LogP contribution < -0.4 is 15.6 Å². The van der Waals surface area contributed by atoms with Gasteiger partial charge < -0.3 is 4.74 Å². The summed E-state index contributed by atoms with van der Waals surface area (Å²) in [7, 11) is 1.37. The smallest absolute Gasteiger partial charge is 0.282 e. The molecule has 0 saturated carbocycles. The van der Waals surface area contributed by atoms with Crippen LogP contribution >= 0.6 is 11.6 Å². The number of halogens is 1. The summed E-state index contributed by atoms with van der Waals surface area (Å²) in [5.41, 5.74) is 3.90. The molecule has 0 spiro atoms. The predicted octanol–water partition coefficient (Wildman–Crippen LogP) is 2.33. The van der Waals surface area contributed by atoms with Crippen LogP contribution in [0.4, 0.5) is 5.69 Å². The predicted molar refractivity (Wildman–Crippen MR) is 86.0 cm³/mol. The van der Waals surface area contributed by atoms with E-state index in [4.69, 9.17) is 16.3 Å². The van der Waals surface area contributed by atoms with Gasteiger partial charge in [-0.15, -0.1) is 0 Å². The fourth-order valence-corrected chi connectivity index (χ4v) is 2.09. The topological polar surface area (TPSA) is 111 Å². The van der Waals surface area contributed by atoms with Gasteiger partial charge in [0.25, 0.3) is 17.5 Å². The van der Waals surface area contributed by atoms with E-state index in [0.29, 0.717) is 5.02 Å². The molecule has 0 radical (unpaired) electrons.